The zero-order valence-corrected chi connectivity index (χ0v) is 15.2. The molecule has 0 spiro atoms. The lowest BCUT2D eigenvalue weighted by Crippen LogP contribution is -2.31. The van der Waals surface area contributed by atoms with E-state index in [0.29, 0.717) is 17.0 Å². The molecule has 0 aliphatic carbocycles. The number of amides is 1. The summed E-state index contributed by atoms with van der Waals surface area (Å²) in [6.45, 7) is 1.78. The molecule has 27 heavy (non-hydrogen) atoms. The number of fused-ring (bicyclic) bond motifs is 1. The second-order valence-electron chi connectivity index (χ2n) is 6.53. The second kappa shape index (κ2) is 7.50. The van der Waals surface area contributed by atoms with Crippen molar-refractivity contribution in [2.24, 2.45) is 0 Å². The Morgan fingerprint density at radius 2 is 1.93 bits per heavy atom. The van der Waals surface area contributed by atoms with Gasteiger partial charge in [-0.1, -0.05) is 30.3 Å². The Kier molecular flexibility index (Phi) is 4.75. The van der Waals surface area contributed by atoms with E-state index in [0.717, 1.165) is 25.3 Å². The molecule has 0 fully saturated rings. The highest BCUT2D eigenvalue weighted by atomic mass is 16.5. The average molecular weight is 359 g/mol. The number of ether oxygens (including phenoxy) is 1. The minimum atomic E-state index is -0.189. The minimum absolute atomic E-state index is 0.189. The Labute approximate surface area is 158 Å². The molecule has 0 radical (unpaired) electrons. The van der Waals surface area contributed by atoms with Gasteiger partial charge in [-0.25, -0.2) is 4.98 Å². The number of anilines is 2. The molecule has 1 aliphatic rings. The van der Waals surface area contributed by atoms with Gasteiger partial charge in [0.05, 0.1) is 12.7 Å². The first-order valence-corrected chi connectivity index (χ1v) is 8.96. The van der Waals surface area contributed by atoms with Crippen molar-refractivity contribution >= 4 is 17.4 Å². The molecular weight excluding hydrogens is 338 g/mol. The van der Waals surface area contributed by atoms with Crippen LogP contribution in [-0.4, -0.2) is 24.5 Å². The van der Waals surface area contributed by atoms with Crippen molar-refractivity contribution in [3.05, 3.63) is 83.6 Å². The number of rotatable bonds is 4. The van der Waals surface area contributed by atoms with E-state index in [2.05, 4.69) is 39.5 Å². The van der Waals surface area contributed by atoms with Crippen LogP contribution in [0.5, 0.6) is 5.75 Å². The van der Waals surface area contributed by atoms with E-state index in [-0.39, 0.29) is 5.91 Å². The molecule has 0 saturated carbocycles. The van der Waals surface area contributed by atoms with Gasteiger partial charge < -0.3 is 15.0 Å². The molecule has 1 aromatic heterocycles. The SMILES string of the molecule is COc1cccc(NC(=O)c2ccc(N3CCc4ccccc4C3)nc2)c1. The Morgan fingerprint density at radius 1 is 1.07 bits per heavy atom. The van der Waals surface area contributed by atoms with Gasteiger partial charge in [-0.3, -0.25) is 4.79 Å². The predicted octanol–water partition coefficient (Wildman–Crippen LogP) is 3.91. The van der Waals surface area contributed by atoms with Gasteiger partial charge in [-0.05, 0) is 41.8 Å². The molecule has 2 aromatic carbocycles. The third-order valence-electron chi connectivity index (χ3n) is 4.79. The molecule has 5 nitrogen and oxygen atoms in total. The third kappa shape index (κ3) is 3.77. The molecule has 1 amide bonds. The quantitative estimate of drug-likeness (QED) is 0.767. The highest BCUT2D eigenvalue weighted by Gasteiger charge is 2.17. The van der Waals surface area contributed by atoms with Crippen LogP contribution >= 0.6 is 0 Å². The summed E-state index contributed by atoms with van der Waals surface area (Å²) in [5.74, 6) is 1.40. The second-order valence-corrected chi connectivity index (χ2v) is 6.53. The fraction of sp³-hybridized carbons (Fsp3) is 0.182. The van der Waals surface area contributed by atoms with Crippen molar-refractivity contribution in [2.45, 2.75) is 13.0 Å². The first-order chi connectivity index (χ1) is 13.2. The van der Waals surface area contributed by atoms with Gasteiger partial charge in [0.25, 0.3) is 5.91 Å². The number of aromatic nitrogens is 1. The molecule has 5 heteroatoms. The molecule has 0 saturated heterocycles. The van der Waals surface area contributed by atoms with E-state index in [1.807, 2.05) is 30.3 Å². The fourth-order valence-corrected chi connectivity index (χ4v) is 3.30. The summed E-state index contributed by atoms with van der Waals surface area (Å²) in [6, 6.07) is 19.5. The third-order valence-corrected chi connectivity index (χ3v) is 4.79. The molecule has 1 aliphatic heterocycles. The van der Waals surface area contributed by atoms with Crippen LogP contribution in [0, 0.1) is 0 Å². The lowest BCUT2D eigenvalue weighted by atomic mass is 10.00. The smallest absolute Gasteiger partial charge is 0.257 e. The molecule has 3 aromatic rings. The van der Waals surface area contributed by atoms with Gasteiger partial charge in [0, 0.05) is 31.0 Å². The zero-order chi connectivity index (χ0) is 18.6. The number of benzene rings is 2. The summed E-state index contributed by atoms with van der Waals surface area (Å²) in [4.78, 5) is 19.2. The molecule has 2 heterocycles. The fourth-order valence-electron chi connectivity index (χ4n) is 3.30. The van der Waals surface area contributed by atoms with Crippen LogP contribution < -0.4 is 15.0 Å². The van der Waals surface area contributed by atoms with Crippen LogP contribution in [0.25, 0.3) is 0 Å². The van der Waals surface area contributed by atoms with E-state index in [1.165, 1.54) is 11.1 Å². The Morgan fingerprint density at radius 3 is 2.70 bits per heavy atom. The maximum atomic E-state index is 12.5. The normalized spacial score (nSPS) is 13.0. The van der Waals surface area contributed by atoms with Gasteiger partial charge in [0.15, 0.2) is 0 Å². The highest BCUT2D eigenvalue weighted by molar-refractivity contribution is 6.04. The standard InChI is InChI=1S/C22H21N3O2/c1-27-20-8-4-7-19(13-20)24-22(26)17-9-10-21(23-14-17)25-12-11-16-5-2-3-6-18(16)15-25/h2-10,13-14H,11-12,15H2,1H3,(H,24,26). The highest BCUT2D eigenvalue weighted by Crippen LogP contribution is 2.23. The van der Waals surface area contributed by atoms with Crippen LogP contribution in [0.4, 0.5) is 11.5 Å². The molecular formula is C22H21N3O2. The van der Waals surface area contributed by atoms with Gasteiger partial charge in [-0.15, -0.1) is 0 Å². The summed E-state index contributed by atoms with van der Waals surface area (Å²) in [7, 11) is 1.60. The lowest BCUT2D eigenvalue weighted by molar-refractivity contribution is 0.102. The molecule has 0 atom stereocenters. The van der Waals surface area contributed by atoms with Crippen LogP contribution in [0.15, 0.2) is 66.9 Å². The maximum Gasteiger partial charge on any atom is 0.257 e. The van der Waals surface area contributed by atoms with Gasteiger partial charge in [-0.2, -0.15) is 0 Å². The molecule has 1 N–H and O–H groups in total. The Balaban J connectivity index is 1.45. The van der Waals surface area contributed by atoms with E-state index in [4.69, 9.17) is 4.74 Å². The van der Waals surface area contributed by atoms with E-state index in [1.54, 1.807) is 19.4 Å². The summed E-state index contributed by atoms with van der Waals surface area (Å²) >= 11 is 0. The summed E-state index contributed by atoms with van der Waals surface area (Å²) in [6.07, 6.45) is 2.64. The van der Waals surface area contributed by atoms with Crippen molar-refractivity contribution in [3.8, 4) is 5.75 Å². The Bertz CT molecular complexity index is 954. The minimum Gasteiger partial charge on any atom is -0.497 e. The monoisotopic (exact) mass is 359 g/mol. The van der Waals surface area contributed by atoms with Crippen molar-refractivity contribution in [1.29, 1.82) is 0 Å². The number of pyridine rings is 1. The van der Waals surface area contributed by atoms with Crippen molar-refractivity contribution in [1.82, 2.24) is 4.98 Å². The number of hydrogen-bond acceptors (Lipinski definition) is 4. The van der Waals surface area contributed by atoms with Crippen molar-refractivity contribution < 1.29 is 9.53 Å². The van der Waals surface area contributed by atoms with Crippen LogP contribution in [0.1, 0.15) is 21.5 Å². The average Bonchev–Trinajstić information content (AvgIpc) is 2.73. The predicted molar refractivity (Wildman–Crippen MR) is 106 cm³/mol. The summed E-state index contributed by atoms with van der Waals surface area (Å²) < 4.78 is 5.18. The lowest BCUT2D eigenvalue weighted by Gasteiger charge is -2.29. The summed E-state index contributed by atoms with van der Waals surface area (Å²) in [5.41, 5.74) is 3.96. The maximum absolute atomic E-state index is 12.5. The number of hydrogen-bond donors (Lipinski definition) is 1. The molecule has 0 unspecified atom stereocenters. The van der Waals surface area contributed by atoms with Crippen molar-refractivity contribution in [2.75, 3.05) is 23.9 Å². The van der Waals surface area contributed by atoms with Crippen LogP contribution in [0.2, 0.25) is 0 Å². The first-order valence-electron chi connectivity index (χ1n) is 8.96. The molecule has 0 bridgehead atoms. The van der Waals surface area contributed by atoms with Crippen LogP contribution in [0.3, 0.4) is 0 Å². The van der Waals surface area contributed by atoms with Gasteiger partial charge in [0.1, 0.15) is 11.6 Å². The van der Waals surface area contributed by atoms with Gasteiger partial charge in [0.2, 0.25) is 0 Å². The number of carbonyl (C=O) groups is 1. The van der Waals surface area contributed by atoms with E-state index < -0.39 is 0 Å². The number of carbonyl (C=O) groups excluding carboxylic acids is 1. The van der Waals surface area contributed by atoms with Crippen molar-refractivity contribution in [3.63, 3.8) is 0 Å². The van der Waals surface area contributed by atoms with E-state index in [9.17, 15) is 4.79 Å². The van der Waals surface area contributed by atoms with Gasteiger partial charge >= 0.3 is 0 Å². The molecule has 4 rings (SSSR count). The number of methoxy groups -OCH3 is 1. The number of nitrogens with zero attached hydrogens (tertiary/aromatic N) is 2. The first kappa shape index (κ1) is 17.1. The topological polar surface area (TPSA) is 54.5 Å². The largest absolute Gasteiger partial charge is 0.497 e. The molecule has 136 valence electrons. The van der Waals surface area contributed by atoms with E-state index >= 15 is 0 Å². The number of nitrogens with one attached hydrogen (secondary N) is 1. The Hall–Kier alpha value is -3.34. The zero-order valence-electron chi connectivity index (χ0n) is 15.2. The summed E-state index contributed by atoms with van der Waals surface area (Å²) in [5, 5.41) is 2.87. The van der Waals surface area contributed by atoms with Crippen LogP contribution in [-0.2, 0) is 13.0 Å².